The lowest BCUT2D eigenvalue weighted by Crippen LogP contribution is -2.14. The molecule has 5 heteroatoms. The van der Waals surface area contributed by atoms with Crippen LogP contribution in [0.5, 0.6) is 0 Å². The lowest BCUT2D eigenvalue weighted by Gasteiger charge is -1.95. The molecule has 0 aromatic rings. The number of rotatable bonds is 5. The van der Waals surface area contributed by atoms with Crippen LogP contribution < -0.4 is 5.73 Å². The molecule has 3 N–H and O–H groups in total. The van der Waals surface area contributed by atoms with E-state index in [1.165, 1.54) is 0 Å². The van der Waals surface area contributed by atoms with Gasteiger partial charge in [0.25, 0.3) is 0 Å². The average Bonchev–Trinajstić information content (AvgIpc) is 1.85. The maximum absolute atomic E-state index is 10.7. The normalized spacial score (nSPS) is 12.9. The number of nitrogens with two attached hydrogens (primary N) is 1. The van der Waals surface area contributed by atoms with Crippen molar-refractivity contribution in [3.63, 3.8) is 0 Å². The molecule has 0 saturated heterocycles. The monoisotopic (exact) mass is 165 g/mol. The summed E-state index contributed by atoms with van der Waals surface area (Å²) in [6, 6.07) is 0. The van der Waals surface area contributed by atoms with Crippen molar-refractivity contribution in [1.29, 1.82) is 0 Å². The van der Waals surface area contributed by atoms with E-state index in [-0.39, 0.29) is 12.2 Å². The topological polar surface area (TPSA) is 80.4 Å². The molecule has 0 bridgehead atoms. The van der Waals surface area contributed by atoms with Crippen LogP contribution in [0.3, 0.4) is 0 Å². The molecule has 0 aromatic carbocycles. The second-order valence-corrected chi connectivity index (χ2v) is 3.48. The first-order chi connectivity index (χ1) is 4.66. The molecule has 0 radical (unpaired) electrons. The van der Waals surface area contributed by atoms with Gasteiger partial charge in [0.15, 0.2) is 0 Å². The van der Waals surface area contributed by atoms with E-state index in [2.05, 4.69) is 0 Å². The molecule has 0 heterocycles. The van der Waals surface area contributed by atoms with E-state index >= 15 is 0 Å². The molecule has 4 nitrogen and oxygen atoms in total. The molecule has 10 heavy (non-hydrogen) atoms. The van der Waals surface area contributed by atoms with Gasteiger partial charge >= 0.3 is 5.97 Å². The van der Waals surface area contributed by atoms with E-state index in [0.29, 0.717) is 12.3 Å². The largest absolute Gasteiger partial charge is 0.481 e. The standard InChI is InChI=1S/C5H11NO3S/c6-2-4-10(9)3-1-5(7)8/h1-4,6H2,(H,7,8). The summed E-state index contributed by atoms with van der Waals surface area (Å²) in [5.41, 5.74) is 5.10. The molecule has 0 rings (SSSR count). The van der Waals surface area contributed by atoms with Crippen LogP contribution in [0.15, 0.2) is 0 Å². The molecule has 0 aliphatic carbocycles. The summed E-state index contributed by atoms with van der Waals surface area (Å²) >= 11 is 0. The second-order valence-electron chi connectivity index (χ2n) is 1.78. The SMILES string of the molecule is NCCS(=O)CCC(=O)O. The third-order valence-electron chi connectivity index (χ3n) is 0.889. The summed E-state index contributed by atoms with van der Waals surface area (Å²) < 4.78 is 10.7. The first-order valence-corrected chi connectivity index (χ1v) is 4.42. The Morgan fingerprint density at radius 3 is 2.50 bits per heavy atom. The van der Waals surface area contributed by atoms with Crippen LogP contribution in [-0.4, -0.2) is 33.3 Å². The zero-order valence-electron chi connectivity index (χ0n) is 5.58. The molecule has 0 fully saturated rings. The molecule has 0 aromatic heterocycles. The fourth-order valence-corrected chi connectivity index (χ4v) is 1.30. The lowest BCUT2D eigenvalue weighted by molar-refractivity contribution is -0.136. The Balaban J connectivity index is 3.30. The van der Waals surface area contributed by atoms with Crippen LogP contribution in [0.2, 0.25) is 0 Å². The van der Waals surface area contributed by atoms with Crippen molar-refractivity contribution in [2.75, 3.05) is 18.1 Å². The van der Waals surface area contributed by atoms with Crippen molar-refractivity contribution < 1.29 is 14.1 Å². The molecular formula is C5H11NO3S. The minimum absolute atomic E-state index is 0.0351. The third-order valence-corrected chi connectivity index (χ3v) is 2.24. The number of carboxylic acid groups (broad SMARTS) is 1. The fraction of sp³-hybridized carbons (Fsp3) is 0.800. The maximum atomic E-state index is 10.7. The van der Waals surface area contributed by atoms with E-state index in [0.717, 1.165) is 0 Å². The van der Waals surface area contributed by atoms with E-state index < -0.39 is 16.8 Å². The van der Waals surface area contributed by atoms with Crippen LogP contribution in [0.25, 0.3) is 0 Å². The molecular weight excluding hydrogens is 154 g/mol. The predicted molar refractivity (Wildman–Crippen MR) is 39.2 cm³/mol. The van der Waals surface area contributed by atoms with Gasteiger partial charge in [0, 0.05) is 28.9 Å². The predicted octanol–water partition coefficient (Wildman–Crippen LogP) is -0.831. The average molecular weight is 165 g/mol. The molecule has 1 unspecified atom stereocenters. The van der Waals surface area contributed by atoms with E-state index in [4.69, 9.17) is 10.8 Å². The van der Waals surface area contributed by atoms with Crippen molar-refractivity contribution in [3.8, 4) is 0 Å². The molecule has 60 valence electrons. The van der Waals surface area contributed by atoms with Crippen molar-refractivity contribution in [3.05, 3.63) is 0 Å². The van der Waals surface area contributed by atoms with Crippen LogP contribution in [0, 0.1) is 0 Å². The fourth-order valence-electron chi connectivity index (χ4n) is 0.435. The summed E-state index contributed by atoms with van der Waals surface area (Å²) in [5.74, 6) is -0.301. The first kappa shape index (κ1) is 9.58. The number of carbonyl (C=O) groups is 1. The smallest absolute Gasteiger partial charge is 0.304 e. The Morgan fingerprint density at radius 1 is 1.50 bits per heavy atom. The number of hydrogen-bond acceptors (Lipinski definition) is 3. The first-order valence-electron chi connectivity index (χ1n) is 2.93. The lowest BCUT2D eigenvalue weighted by atomic mass is 10.5. The maximum Gasteiger partial charge on any atom is 0.304 e. The van der Waals surface area contributed by atoms with Crippen molar-refractivity contribution >= 4 is 16.8 Å². The van der Waals surface area contributed by atoms with Crippen LogP contribution in [0.1, 0.15) is 6.42 Å². The van der Waals surface area contributed by atoms with E-state index in [1.54, 1.807) is 0 Å². The van der Waals surface area contributed by atoms with Gasteiger partial charge in [-0.1, -0.05) is 0 Å². The van der Waals surface area contributed by atoms with Gasteiger partial charge in [0.2, 0.25) is 0 Å². The third kappa shape index (κ3) is 5.71. The van der Waals surface area contributed by atoms with Gasteiger partial charge in [-0.15, -0.1) is 0 Å². The summed E-state index contributed by atoms with van der Waals surface area (Å²) in [6.07, 6.45) is -0.0351. The van der Waals surface area contributed by atoms with Gasteiger partial charge in [0.05, 0.1) is 6.42 Å². The second kappa shape index (κ2) is 5.37. The minimum atomic E-state index is -1.05. The van der Waals surface area contributed by atoms with Crippen LogP contribution in [0.4, 0.5) is 0 Å². The Bertz CT molecular complexity index is 137. The number of hydrogen-bond donors (Lipinski definition) is 2. The zero-order chi connectivity index (χ0) is 7.98. The van der Waals surface area contributed by atoms with Crippen molar-refractivity contribution in [1.82, 2.24) is 0 Å². The minimum Gasteiger partial charge on any atom is -0.481 e. The Kier molecular flexibility index (Phi) is 5.15. The van der Waals surface area contributed by atoms with Crippen LogP contribution >= 0.6 is 0 Å². The van der Waals surface area contributed by atoms with Crippen molar-refractivity contribution in [2.24, 2.45) is 5.73 Å². The number of aliphatic carboxylic acids is 1. The molecule has 0 spiro atoms. The van der Waals surface area contributed by atoms with E-state index in [9.17, 15) is 9.00 Å². The van der Waals surface area contributed by atoms with Gasteiger partial charge in [-0.25, -0.2) is 0 Å². The summed E-state index contributed by atoms with van der Waals surface area (Å²) in [6.45, 7) is 0.353. The highest BCUT2D eigenvalue weighted by Crippen LogP contribution is 1.86. The molecule has 0 saturated carbocycles. The molecule has 1 atom stereocenters. The number of carboxylic acids is 1. The Hall–Kier alpha value is -0.420. The molecule has 0 amide bonds. The van der Waals surface area contributed by atoms with Crippen LogP contribution in [-0.2, 0) is 15.6 Å². The Morgan fingerprint density at radius 2 is 2.10 bits per heavy atom. The highest BCUT2D eigenvalue weighted by molar-refractivity contribution is 7.85. The van der Waals surface area contributed by atoms with E-state index in [1.807, 2.05) is 0 Å². The summed E-state index contributed by atoms with van der Waals surface area (Å²) in [5, 5.41) is 8.16. The quantitative estimate of drug-likeness (QED) is 0.557. The van der Waals surface area contributed by atoms with Gasteiger partial charge in [-0.05, 0) is 0 Å². The molecule has 0 aliphatic heterocycles. The van der Waals surface area contributed by atoms with Gasteiger partial charge < -0.3 is 10.8 Å². The van der Waals surface area contributed by atoms with Gasteiger partial charge in [-0.3, -0.25) is 9.00 Å². The Labute approximate surface area is 61.9 Å². The highest BCUT2D eigenvalue weighted by atomic mass is 32.2. The molecule has 0 aliphatic rings. The zero-order valence-corrected chi connectivity index (χ0v) is 6.39. The summed E-state index contributed by atoms with van der Waals surface area (Å²) in [7, 11) is -1.05. The van der Waals surface area contributed by atoms with Crippen molar-refractivity contribution in [2.45, 2.75) is 6.42 Å². The summed E-state index contributed by atoms with van der Waals surface area (Å²) in [4.78, 5) is 9.94. The highest BCUT2D eigenvalue weighted by Gasteiger charge is 2.01. The van der Waals surface area contributed by atoms with Gasteiger partial charge in [-0.2, -0.15) is 0 Å². The van der Waals surface area contributed by atoms with Gasteiger partial charge in [0.1, 0.15) is 0 Å².